The number of aliphatic hydroxyl groups excluding tert-OH is 1. The lowest BCUT2D eigenvalue weighted by Crippen LogP contribution is -2.48. The molecule has 42 heavy (non-hydrogen) atoms. The van der Waals surface area contributed by atoms with Gasteiger partial charge >= 0.3 is 6.18 Å². The molecule has 1 fully saturated rings. The number of alkyl halides is 3. The second-order valence-electron chi connectivity index (χ2n) is 10.2. The molecule has 4 N–H and O–H groups in total. The number of likely N-dealkylation sites (tertiary alicyclic amines) is 1. The van der Waals surface area contributed by atoms with Crippen LogP contribution in [0.2, 0.25) is 0 Å². The molecule has 220 valence electrons. The standard InChI is InChI=1S/C28H27F4N7O3/c1-14-3-4-17(13-39(14)27(42)15(2)40)25-37-22(23-24(33)35-9-10-38(23)25)19-6-5-16(11-20(19)29)26(41)36-21-12-18(7-8-34-21)28(30,31)32/h5-12,14-15,17,40H,3-4,13H2,1-2H3,(H2,33,35)(H,34,36,41)/t14-,15-,17+/m0/s1. The maximum atomic E-state index is 15.5. The number of nitrogen functional groups attached to an aromatic ring is 1. The predicted octanol–water partition coefficient (Wildman–Crippen LogP) is 4.26. The lowest BCUT2D eigenvalue weighted by molar-refractivity contribution is -0.143. The summed E-state index contributed by atoms with van der Waals surface area (Å²) in [5.74, 6) is -2.05. The number of nitrogens with two attached hydrogens (primary N) is 1. The number of piperidine rings is 1. The number of imidazole rings is 1. The minimum Gasteiger partial charge on any atom is -0.384 e. The molecule has 0 aliphatic carbocycles. The summed E-state index contributed by atoms with van der Waals surface area (Å²) in [4.78, 5) is 39.5. The summed E-state index contributed by atoms with van der Waals surface area (Å²) in [7, 11) is 0. The van der Waals surface area contributed by atoms with Gasteiger partial charge in [0.05, 0.1) is 5.56 Å². The maximum Gasteiger partial charge on any atom is 0.416 e. The highest BCUT2D eigenvalue weighted by Gasteiger charge is 2.34. The molecule has 1 aromatic carbocycles. The topological polar surface area (TPSA) is 139 Å². The van der Waals surface area contributed by atoms with Crippen molar-refractivity contribution in [3.05, 3.63) is 71.7 Å². The summed E-state index contributed by atoms with van der Waals surface area (Å²) in [6.07, 6.45) is -0.420. The molecule has 2 amide bonds. The van der Waals surface area contributed by atoms with Gasteiger partial charge in [-0.05, 0) is 57.0 Å². The first kappa shape index (κ1) is 28.9. The number of hydrogen-bond donors (Lipinski definition) is 3. The Labute approximate surface area is 237 Å². The number of anilines is 2. The third-order valence-electron chi connectivity index (χ3n) is 7.31. The Bertz CT molecular complexity index is 1670. The van der Waals surface area contributed by atoms with E-state index in [2.05, 4.69) is 15.3 Å². The molecule has 3 aromatic heterocycles. The molecule has 10 nitrogen and oxygen atoms in total. The van der Waals surface area contributed by atoms with E-state index < -0.39 is 35.5 Å². The lowest BCUT2D eigenvalue weighted by Gasteiger charge is -2.38. The van der Waals surface area contributed by atoms with Gasteiger partial charge in [-0.3, -0.25) is 14.0 Å². The molecule has 1 aliphatic heterocycles. The Kier molecular flexibility index (Phi) is 7.58. The first-order valence-corrected chi connectivity index (χ1v) is 13.1. The lowest BCUT2D eigenvalue weighted by atomic mass is 9.92. The Balaban J connectivity index is 1.47. The molecular weight excluding hydrogens is 558 g/mol. The van der Waals surface area contributed by atoms with Gasteiger partial charge in [0.15, 0.2) is 0 Å². The van der Waals surface area contributed by atoms with Crippen molar-refractivity contribution in [2.75, 3.05) is 17.6 Å². The molecule has 0 radical (unpaired) electrons. The third kappa shape index (κ3) is 5.49. The van der Waals surface area contributed by atoms with E-state index >= 15 is 4.39 Å². The molecule has 4 heterocycles. The fraction of sp³-hybridized carbons (Fsp3) is 0.321. The fourth-order valence-electron chi connectivity index (χ4n) is 5.14. The Morgan fingerprint density at radius 1 is 1.14 bits per heavy atom. The Hall–Kier alpha value is -4.59. The summed E-state index contributed by atoms with van der Waals surface area (Å²) in [6, 6.07) is 4.95. The minimum absolute atomic E-state index is 0.0216. The number of halogens is 4. The number of carbonyl (C=O) groups excluding carboxylic acids is 2. The van der Waals surface area contributed by atoms with Crippen LogP contribution >= 0.6 is 0 Å². The Morgan fingerprint density at radius 3 is 2.60 bits per heavy atom. The number of benzene rings is 1. The van der Waals surface area contributed by atoms with E-state index in [-0.39, 0.29) is 47.0 Å². The van der Waals surface area contributed by atoms with Crippen molar-refractivity contribution < 1.29 is 32.3 Å². The monoisotopic (exact) mass is 585 g/mol. The first-order valence-electron chi connectivity index (χ1n) is 13.1. The third-order valence-corrected chi connectivity index (χ3v) is 7.31. The zero-order chi connectivity index (χ0) is 30.3. The molecule has 14 heteroatoms. The average molecular weight is 586 g/mol. The van der Waals surface area contributed by atoms with E-state index in [0.29, 0.717) is 30.2 Å². The second-order valence-corrected chi connectivity index (χ2v) is 10.2. The van der Waals surface area contributed by atoms with Crippen molar-refractivity contribution in [2.45, 2.75) is 50.9 Å². The quantitative estimate of drug-likeness (QED) is 0.298. The van der Waals surface area contributed by atoms with Crippen LogP contribution in [0.15, 0.2) is 48.9 Å². The number of rotatable bonds is 5. The van der Waals surface area contributed by atoms with Crippen LogP contribution in [0.25, 0.3) is 16.8 Å². The van der Waals surface area contributed by atoms with Crippen LogP contribution in [0.4, 0.5) is 29.2 Å². The molecule has 3 atom stereocenters. The highest BCUT2D eigenvalue weighted by Crippen LogP contribution is 2.36. The molecule has 0 spiro atoms. The number of carbonyl (C=O) groups is 2. The molecule has 1 saturated heterocycles. The van der Waals surface area contributed by atoms with Crippen molar-refractivity contribution >= 4 is 29.0 Å². The van der Waals surface area contributed by atoms with E-state index in [0.717, 1.165) is 18.3 Å². The van der Waals surface area contributed by atoms with Gasteiger partial charge in [0.2, 0.25) is 0 Å². The number of nitrogens with zero attached hydrogens (tertiary/aromatic N) is 5. The van der Waals surface area contributed by atoms with Crippen LogP contribution < -0.4 is 11.1 Å². The second kappa shape index (κ2) is 11.0. The zero-order valence-corrected chi connectivity index (χ0v) is 22.6. The number of aliphatic hydroxyl groups is 1. The summed E-state index contributed by atoms with van der Waals surface area (Å²) >= 11 is 0. The van der Waals surface area contributed by atoms with E-state index in [1.54, 1.807) is 15.5 Å². The van der Waals surface area contributed by atoms with Crippen LogP contribution in [0.5, 0.6) is 0 Å². The molecule has 0 bridgehead atoms. The zero-order valence-electron chi connectivity index (χ0n) is 22.6. The smallest absolute Gasteiger partial charge is 0.384 e. The molecule has 1 aliphatic rings. The average Bonchev–Trinajstić information content (AvgIpc) is 3.33. The van der Waals surface area contributed by atoms with Gasteiger partial charge in [-0.25, -0.2) is 19.3 Å². The van der Waals surface area contributed by atoms with Crippen LogP contribution in [-0.4, -0.2) is 59.9 Å². The highest BCUT2D eigenvalue weighted by atomic mass is 19.4. The highest BCUT2D eigenvalue weighted by molar-refractivity contribution is 6.04. The predicted molar refractivity (Wildman–Crippen MR) is 145 cm³/mol. The van der Waals surface area contributed by atoms with Gasteiger partial charge in [0.1, 0.15) is 40.6 Å². The van der Waals surface area contributed by atoms with E-state index in [1.165, 1.54) is 25.3 Å². The summed E-state index contributed by atoms with van der Waals surface area (Å²) in [5, 5.41) is 12.1. The molecule has 5 rings (SSSR count). The molecule has 4 aromatic rings. The Morgan fingerprint density at radius 2 is 1.90 bits per heavy atom. The molecule has 0 saturated carbocycles. The van der Waals surface area contributed by atoms with Gasteiger partial charge in [0.25, 0.3) is 11.8 Å². The fourth-order valence-corrected chi connectivity index (χ4v) is 5.14. The molecule has 0 unspecified atom stereocenters. The first-order chi connectivity index (χ1) is 19.8. The SMILES string of the molecule is C[C@H](O)C(=O)N1C[C@H](c2nc(-c3ccc(C(=O)Nc4cc(C(F)(F)F)ccn4)cc3F)c3c(N)nccn23)CC[C@@H]1C. The van der Waals surface area contributed by atoms with Gasteiger partial charge in [0, 0.05) is 48.2 Å². The summed E-state index contributed by atoms with van der Waals surface area (Å²) < 4.78 is 56.3. The van der Waals surface area contributed by atoms with Gasteiger partial charge in [-0.1, -0.05) is 0 Å². The van der Waals surface area contributed by atoms with Crippen LogP contribution in [0.3, 0.4) is 0 Å². The number of pyridine rings is 1. The van der Waals surface area contributed by atoms with Gasteiger partial charge in [-0.2, -0.15) is 13.2 Å². The number of aromatic nitrogens is 4. The number of hydrogen-bond acceptors (Lipinski definition) is 7. The largest absolute Gasteiger partial charge is 0.416 e. The summed E-state index contributed by atoms with van der Waals surface area (Å²) in [5.41, 5.74) is 5.57. The van der Waals surface area contributed by atoms with Crippen LogP contribution in [-0.2, 0) is 11.0 Å². The number of nitrogens with one attached hydrogen (secondary N) is 1. The molecular formula is C28H27F4N7O3. The van der Waals surface area contributed by atoms with Crippen molar-refractivity contribution in [2.24, 2.45) is 0 Å². The maximum absolute atomic E-state index is 15.5. The van der Waals surface area contributed by atoms with Crippen molar-refractivity contribution in [3.63, 3.8) is 0 Å². The van der Waals surface area contributed by atoms with E-state index in [9.17, 15) is 27.9 Å². The van der Waals surface area contributed by atoms with Crippen LogP contribution in [0.1, 0.15) is 54.4 Å². The van der Waals surface area contributed by atoms with Crippen LogP contribution in [0, 0.1) is 5.82 Å². The van der Waals surface area contributed by atoms with Gasteiger partial charge < -0.3 is 21.1 Å². The van der Waals surface area contributed by atoms with Crippen molar-refractivity contribution in [1.29, 1.82) is 0 Å². The summed E-state index contributed by atoms with van der Waals surface area (Å²) in [6.45, 7) is 3.61. The number of amides is 2. The normalized spacial score (nSPS) is 18.2. The van der Waals surface area contributed by atoms with E-state index in [4.69, 9.17) is 10.7 Å². The number of fused-ring (bicyclic) bond motifs is 1. The minimum atomic E-state index is -4.62. The van der Waals surface area contributed by atoms with E-state index in [1.807, 2.05) is 6.92 Å². The van der Waals surface area contributed by atoms with Crippen molar-refractivity contribution in [3.8, 4) is 11.3 Å². The van der Waals surface area contributed by atoms with Crippen molar-refractivity contribution in [1.82, 2.24) is 24.3 Å². The van der Waals surface area contributed by atoms with Gasteiger partial charge in [-0.15, -0.1) is 0 Å².